The zero-order chi connectivity index (χ0) is 36.9. The predicted molar refractivity (Wildman–Crippen MR) is 202 cm³/mol. The topological polar surface area (TPSA) is 86.3 Å². The van der Waals surface area contributed by atoms with Crippen LogP contribution in [0.25, 0.3) is 5.57 Å². The third-order valence-corrected chi connectivity index (χ3v) is 20.6. The standard InChI is InChI=1S/C38H57FN2O6Si2/c1-14-19-45-37(43)40-33-22-35(47-49(25(2)3,26(4)5)27(6)7)34(44-11)21-32(33)36(42)41-23-29(28-15-17-30(39)18-16-28)20-31(41)24-46-48(12,13)38(8,9)10/h14-18,21-23,25-27,31H,1,19-20,24H2,2-13H3,(H,40,43)/t31-/m0/s1. The SMILES string of the molecule is C=CCOC(=O)Nc1cc(O[Si](C(C)C)(C(C)C)C(C)C)c(OC)cc1C(=O)N1C=C(c2ccc(F)cc2)C[C@H]1CO[Si](C)(C)C(C)(C)C. The van der Waals surface area contributed by atoms with Crippen molar-refractivity contribution in [1.82, 2.24) is 4.90 Å². The summed E-state index contributed by atoms with van der Waals surface area (Å²) in [6, 6.07) is 9.23. The van der Waals surface area contributed by atoms with E-state index in [9.17, 15) is 14.0 Å². The van der Waals surface area contributed by atoms with E-state index in [2.05, 4.69) is 87.3 Å². The molecule has 49 heavy (non-hydrogen) atoms. The largest absolute Gasteiger partial charge is 0.540 e. The van der Waals surface area contributed by atoms with Gasteiger partial charge in [0.2, 0.25) is 0 Å². The number of ether oxygens (including phenoxy) is 2. The number of halogens is 1. The van der Waals surface area contributed by atoms with Gasteiger partial charge >= 0.3 is 6.09 Å². The van der Waals surface area contributed by atoms with Crippen LogP contribution in [0.5, 0.6) is 11.5 Å². The number of nitrogens with zero attached hydrogens (tertiary/aromatic N) is 1. The van der Waals surface area contributed by atoms with E-state index in [0.717, 1.165) is 11.1 Å². The predicted octanol–water partition coefficient (Wildman–Crippen LogP) is 10.4. The summed E-state index contributed by atoms with van der Waals surface area (Å²) in [7, 11) is -3.08. The van der Waals surface area contributed by atoms with E-state index in [1.165, 1.54) is 18.2 Å². The Kier molecular flexibility index (Phi) is 13.1. The van der Waals surface area contributed by atoms with Crippen LogP contribution in [0, 0.1) is 5.82 Å². The number of methoxy groups -OCH3 is 1. The van der Waals surface area contributed by atoms with E-state index in [4.69, 9.17) is 18.3 Å². The molecule has 1 heterocycles. The molecule has 2 amide bonds. The summed E-state index contributed by atoms with van der Waals surface area (Å²) in [5, 5.41) is 2.76. The minimum atomic E-state index is -2.46. The van der Waals surface area contributed by atoms with Crippen molar-refractivity contribution in [3.63, 3.8) is 0 Å². The summed E-state index contributed by atoms with van der Waals surface area (Å²) in [5.41, 5.74) is 2.96. The van der Waals surface area contributed by atoms with Crippen LogP contribution in [0.2, 0.25) is 34.8 Å². The lowest BCUT2D eigenvalue weighted by Crippen LogP contribution is -2.50. The fourth-order valence-corrected chi connectivity index (χ4v) is 12.8. The zero-order valence-corrected chi connectivity index (χ0v) is 33.5. The van der Waals surface area contributed by atoms with E-state index >= 15 is 0 Å². The van der Waals surface area contributed by atoms with Gasteiger partial charge in [-0.05, 0) is 70.5 Å². The van der Waals surface area contributed by atoms with Crippen molar-refractivity contribution >= 4 is 39.9 Å². The Labute approximate surface area is 295 Å². The number of amides is 2. The van der Waals surface area contributed by atoms with Crippen LogP contribution >= 0.6 is 0 Å². The van der Waals surface area contributed by atoms with Crippen molar-refractivity contribution in [1.29, 1.82) is 0 Å². The van der Waals surface area contributed by atoms with Crippen molar-refractivity contribution < 1.29 is 32.3 Å². The van der Waals surface area contributed by atoms with Crippen LogP contribution in [-0.2, 0) is 9.16 Å². The molecule has 8 nitrogen and oxygen atoms in total. The van der Waals surface area contributed by atoms with Gasteiger partial charge in [-0.1, -0.05) is 87.1 Å². The van der Waals surface area contributed by atoms with E-state index < -0.39 is 22.7 Å². The number of carbonyl (C=O) groups excluding carboxylic acids is 2. The summed E-state index contributed by atoms with van der Waals surface area (Å²) in [6.07, 6.45) is 3.06. The lowest BCUT2D eigenvalue weighted by atomic mass is 10.0. The van der Waals surface area contributed by atoms with Crippen LogP contribution in [0.3, 0.4) is 0 Å². The average molecular weight is 713 g/mol. The maximum atomic E-state index is 14.7. The highest BCUT2D eigenvalue weighted by atomic mass is 28.4. The quantitative estimate of drug-likeness (QED) is 0.155. The molecule has 0 spiro atoms. The van der Waals surface area contributed by atoms with Gasteiger partial charge in [0, 0.05) is 12.3 Å². The van der Waals surface area contributed by atoms with Gasteiger partial charge in [0.05, 0.1) is 31.0 Å². The van der Waals surface area contributed by atoms with Gasteiger partial charge in [-0.3, -0.25) is 10.1 Å². The third kappa shape index (κ3) is 9.04. The average Bonchev–Trinajstić information content (AvgIpc) is 3.45. The first-order valence-electron chi connectivity index (χ1n) is 17.2. The first kappa shape index (κ1) is 40.0. The molecule has 1 N–H and O–H groups in total. The Morgan fingerprint density at radius 3 is 2.12 bits per heavy atom. The fourth-order valence-electron chi connectivity index (χ4n) is 6.46. The highest BCUT2D eigenvalue weighted by Gasteiger charge is 2.48. The van der Waals surface area contributed by atoms with E-state index in [1.807, 2.05) is 0 Å². The van der Waals surface area contributed by atoms with Gasteiger partial charge in [0.25, 0.3) is 14.2 Å². The molecular formula is C38H57FN2O6Si2. The molecule has 0 bridgehead atoms. The van der Waals surface area contributed by atoms with Crippen LogP contribution < -0.4 is 14.5 Å². The summed E-state index contributed by atoms with van der Waals surface area (Å²) in [5.74, 6) is 0.164. The molecule has 2 aromatic carbocycles. The van der Waals surface area contributed by atoms with Gasteiger partial charge < -0.3 is 23.2 Å². The van der Waals surface area contributed by atoms with E-state index in [1.54, 1.807) is 42.5 Å². The van der Waals surface area contributed by atoms with Crippen LogP contribution in [0.15, 0.2) is 55.3 Å². The molecule has 2 aromatic rings. The van der Waals surface area contributed by atoms with Gasteiger partial charge in [-0.25, -0.2) is 9.18 Å². The summed E-state index contributed by atoms with van der Waals surface area (Å²) in [6.45, 7) is 27.9. The molecule has 0 aliphatic carbocycles. The molecule has 1 aliphatic rings. The minimum absolute atomic E-state index is 0.00144. The Morgan fingerprint density at radius 2 is 1.61 bits per heavy atom. The van der Waals surface area contributed by atoms with Gasteiger partial charge in [-0.15, -0.1) is 0 Å². The lowest BCUT2D eigenvalue weighted by molar-refractivity contribution is 0.0738. The highest BCUT2D eigenvalue weighted by Crippen LogP contribution is 2.46. The smallest absolute Gasteiger partial charge is 0.411 e. The Bertz CT molecular complexity index is 1490. The second-order valence-corrected chi connectivity index (χ2v) is 25.5. The molecule has 0 unspecified atom stereocenters. The number of rotatable bonds is 14. The van der Waals surface area contributed by atoms with Crippen LogP contribution in [-0.4, -0.2) is 59.9 Å². The molecule has 3 rings (SSSR count). The number of nitrogens with one attached hydrogen (secondary N) is 1. The van der Waals surface area contributed by atoms with Gasteiger partial charge in [0.1, 0.15) is 18.2 Å². The number of hydrogen-bond acceptors (Lipinski definition) is 6. The molecule has 11 heteroatoms. The third-order valence-electron chi connectivity index (χ3n) is 10.1. The van der Waals surface area contributed by atoms with E-state index in [0.29, 0.717) is 24.5 Å². The normalized spacial score (nSPS) is 15.5. The van der Waals surface area contributed by atoms with Crippen molar-refractivity contribution in [2.75, 3.05) is 25.6 Å². The second-order valence-electron chi connectivity index (χ2n) is 15.3. The monoisotopic (exact) mass is 712 g/mol. The number of hydrogen-bond donors (Lipinski definition) is 1. The second kappa shape index (κ2) is 16.1. The summed E-state index contributed by atoms with van der Waals surface area (Å²) < 4.78 is 38.6. The first-order chi connectivity index (χ1) is 22.8. The summed E-state index contributed by atoms with van der Waals surface area (Å²) in [4.78, 5) is 29.3. The molecule has 1 atom stereocenters. The van der Waals surface area contributed by atoms with Gasteiger partial charge in [-0.2, -0.15) is 0 Å². The van der Waals surface area contributed by atoms with Gasteiger partial charge in [0.15, 0.2) is 14.1 Å². The number of anilines is 1. The minimum Gasteiger partial charge on any atom is -0.540 e. The maximum Gasteiger partial charge on any atom is 0.411 e. The zero-order valence-electron chi connectivity index (χ0n) is 31.5. The molecule has 0 saturated heterocycles. The molecular weight excluding hydrogens is 656 g/mol. The fraction of sp³-hybridized carbons (Fsp3) is 0.526. The van der Waals surface area contributed by atoms with E-state index in [-0.39, 0.29) is 57.3 Å². The summed E-state index contributed by atoms with van der Waals surface area (Å²) >= 11 is 0. The molecule has 0 radical (unpaired) electrons. The van der Waals surface area contributed by atoms with Crippen molar-refractivity contribution in [3.8, 4) is 11.5 Å². The Morgan fingerprint density at radius 1 is 1.02 bits per heavy atom. The molecule has 0 saturated carbocycles. The maximum absolute atomic E-state index is 14.7. The van der Waals surface area contributed by atoms with Crippen molar-refractivity contribution in [2.24, 2.45) is 0 Å². The first-order valence-corrected chi connectivity index (χ1v) is 22.2. The number of benzene rings is 2. The Balaban J connectivity index is 2.18. The molecule has 270 valence electrons. The van der Waals surface area contributed by atoms with Crippen molar-refractivity contribution in [3.05, 3.63) is 72.2 Å². The molecule has 0 fully saturated rings. The van der Waals surface area contributed by atoms with Crippen LogP contribution in [0.1, 0.15) is 84.7 Å². The Hall–Kier alpha value is -3.42. The highest BCUT2D eigenvalue weighted by molar-refractivity contribution is 6.78. The lowest BCUT2D eigenvalue weighted by Gasteiger charge is -2.42. The number of carbonyl (C=O) groups is 2. The van der Waals surface area contributed by atoms with Crippen molar-refractivity contribution in [2.45, 2.75) is 110 Å². The van der Waals surface area contributed by atoms with Crippen LogP contribution in [0.4, 0.5) is 14.9 Å². The molecule has 1 aliphatic heterocycles. The molecule has 0 aromatic heterocycles.